The van der Waals surface area contributed by atoms with Gasteiger partial charge in [0.05, 0.1) is 5.75 Å². The number of hydrogen-bond donors (Lipinski definition) is 1. The summed E-state index contributed by atoms with van der Waals surface area (Å²) in [6.45, 7) is 2.13. The number of anilines is 1. The van der Waals surface area contributed by atoms with E-state index in [4.69, 9.17) is 0 Å². The summed E-state index contributed by atoms with van der Waals surface area (Å²) in [5, 5.41) is 5.54. The van der Waals surface area contributed by atoms with Gasteiger partial charge in [-0.25, -0.2) is 0 Å². The number of nitrogens with one attached hydrogen (secondary N) is 1. The Labute approximate surface area is 140 Å². The van der Waals surface area contributed by atoms with Crippen molar-refractivity contribution in [2.45, 2.75) is 12.2 Å². The number of amides is 1. The van der Waals surface area contributed by atoms with Crippen LogP contribution in [-0.4, -0.2) is 11.7 Å². The van der Waals surface area contributed by atoms with Gasteiger partial charge in [-0.1, -0.05) is 66.7 Å². The van der Waals surface area contributed by atoms with Crippen molar-refractivity contribution in [3.8, 4) is 0 Å². The monoisotopic (exact) mass is 321 g/mol. The third kappa shape index (κ3) is 3.93. The molecule has 0 aliphatic rings. The average Bonchev–Trinajstić information content (AvgIpc) is 2.61. The van der Waals surface area contributed by atoms with Crippen LogP contribution in [0.4, 0.5) is 5.69 Å². The maximum absolute atomic E-state index is 12.3. The fourth-order valence-electron chi connectivity index (χ4n) is 2.54. The summed E-state index contributed by atoms with van der Waals surface area (Å²) >= 11 is 1.65. The lowest BCUT2D eigenvalue weighted by Crippen LogP contribution is -2.14. The normalized spacial score (nSPS) is 12.0. The predicted molar refractivity (Wildman–Crippen MR) is 99.9 cm³/mol. The molecule has 3 rings (SSSR count). The number of rotatable bonds is 5. The molecule has 0 saturated heterocycles. The van der Waals surface area contributed by atoms with Gasteiger partial charge >= 0.3 is 0 Å². The van der Waals surface area contributed by atoms with Gasteiger partial charge in [-0.05, 0) is 23.9 Å². The van der Waals surface area contributed by atoms with E-state index in [9.17, 15) is 4.79 Å². The van der Waals surface area contributed by atoms with Gasteiger partial charge in [-0.15, -0.1) is 11.8 Å². The fraction of sp³-hybridized carbons (Fsp3) is 0.150. The van der Waals surface area contributed by atoms with E-state index in [1.54, 1.807) is 11.8 Å². The maximum atomic E-state index is 12.3. The first-order valence-electron chi connectivity index (χ1n) is 7.68. The molecule has 0 radical (unpaired) electrons. The molecule has 1 atom stereocenters. The van der Waals surface area contributed by atoms with Gasteiger partial charge in [0.1, 0.15) is 0 Å². The zero-order valence-electron chi connectivity index (χ0n) is 13.0. The van der Waals surface area contributed by atoms with Gasteiger partial charge in [0.2, 0.25) is 5.91 Å². The lowest BCUT2D eigenvalue weighted by Gasteiger charge is -2.12. The SMILES string of the molecule is C[C@H](SCC(=O)Nc1cccc2ccccc12)c1ccccc1. The summed E-state index contributed by atoms with van der Waals surface area (Å²) in [5.74, 6) is 0.480. The molecule has 23 heavy (non-hydrogen) atoms. The second-order valence-electron chi connectivity index (χ2n) is 5.44. The molecule has 3 heteroatoms. The molecule has 116 valence electrons. The highest BCUT2D eigenvalue weighted by Gasteiger charge is 2.10. The third-order valence-corrected chi connectivity index (χ3v) is 5.00. The number of hydrogen-bond acceptors (Lipinski definition) is 2. The van der Waals surface area contributed by atoms with E-state index in [2.05, 4.69) is 36.5 Å². The lowest BCUT2D eigenvalue weighted by molar-refractivity contribution is -0.113. The molecular formula is C20H19NOS. The largest absolute Gasteiger partial charge is 0.325 e. The smallest absolute Gasteiger partial charge is 0.234 e. The van der Waals surface area contributed by atoms with Gasteiger partial charge in [0.15, 0.2) is 0 Å². The number of carbonyl (C=O) groups is 1. The van der Waals surface area contributed by atoms with E-state index in [-0.39, 0.29) is 5.91 Å². The van der Waals surface area contributed by atoms with Crippen LogP contribution >= 0.6 is 11.8 Å². The molecule has 1 N–H and O–H groups in total. The van der Waals surface area contributed by atoms with Gasteiger partial charge in [-0.3, -0.25) is 4.79 Å². The number of fused-ring (bicyclic) bond motifs is 1. The second kappa shape index (κ2) is 7.34. The highest BCUT2D eigenvalue weighted by Crippen LogP contribution is 2.28. The summed E-state index contributed by atoms with van der Waals surface area (Å²) in [7, 11) is 0. The topological polar surface area (TPSA) is 29.1 Å². The zero-order valence-corrected chi connectivity index (χ0v) is 13.8. The molecular weight excluding hydrogens is 302 g/mol. The summed E-state index contributed by atoms with van der Waals surface area (Å²) in [4.78, 5) is 12.3. The van der Waals surface area contributed by atoms with Crippen LogP contribution < -0.4 is 5.32 Å². The first-order chi connectivity index (χ1) is 11.2. The molecule has 0 fully saturated rings. The Kier molecular flexibility index (Phi) is 4.99. The van der Waals surface area contributed by atoms with Gasteiger partial charge in [-0.2, -0.15) is 0 Å². The number of benzene rings is 3. The molecule has 0 aliphatic carbocycles. The Morgan fingerprint density at radius 2 is 1.65 bits per heavy atom. The van der Waals surface area contributed by atoms with Crippen LogP contribution in [0.5, 0.6) is 0 Å². The van der Waals surface area contributed by atoms with Crippen molar-refractivity contribution in [3.63, 3.8) is 0 Å². The Bertz CT molecular complexity index is 796. The first-order valence-corrected chi connectivity index (χ1v) is 8.73. The van der Waals surface area contributed by atoms with Crippen LogP contribution in [0.15, 0.2) is 72.8 Å². The van der Waals surface area contributed by atoms with Crippen molar-refractivity contribution in [2.24, 2.45) is 0 Å². The number of thioether (sulfide) groups is 1. The second-order valence-corrected chi connectivity index (χ2v) is 6.77. The minimum absolute atomic E-state index is 0.0362. The molecule has 0 aromatic heterocycles. The molecule has 0 unspecified atom stereocenters. The average molecular weight is 321 g/mol. The Morgan fingerprint density at radius 3 is 2.48 bits per heavy atom. The van der Waals surface area contributed by atoms with Gasteiger partial charge < -0.3 is 5.32 Å². The van der Waals surface area contributed by atoms with E-state index >= 15 is 0 Å². The van der Waals surface area contributed by atoms with E-state index in [0.717, 1.165) is 16.5 Å². The standard InChI is InChI=1S/C20H19NOS/c1-15(16-8-3-2-4-9-16)23-14-20(22)21-19-13-7-11-17-10-5-6-12-18(17)19/h2-13,15H,14H2,1H3,(H,21,22)/t15-/m0/s1. The Balaban J connectivity index is 1.63. The Hall–Kier alpha value is -2.26. The van der Waals surface area contributed by atoms with Crippen molar-refractivity contribution in [3.05, 3.63) is 78.4 Å². The van der Waals surface area contributed by atoms with Gasteiger partial charge in [0, 0.05) is 16.3 Å². The predicted octanol–water partition coefficient (Wildman–Crippen LogP) is 5.27. The minimum Gasteiger partial charge on any atom is -0.325 e. The molecule has 0 aliphatic heterocycles. The summed E-state index contributed by atoms with van der Waals surface area (Å²) < 4.78 is 0. The molecule has 0 bridgehead atoms. The zero-order chi connectivity index (χ0) is 16.1. The summed E-state index contributed by atoms with van der Waals surface area (Å²) in [6, 6.07) is 24.3. The van der Waals surface area contributed by atoms with Crippen molar-refractivity contribution in [1.29, 1.82) is 0 Å². The molecule has 0 heterocycles. The van der Waals surface area contributed by atoms with Crippen LogP contribution in [-0.2, 0) is 4.79 Å². The van der Waals surface area contributed by atoms with Crippen LogP contribution in [0, 0.1) is 0 Å². The molecule has 3 aromatic carbocycles. The first kappa shape index (κ1) is 15.6. The molecule has 3 aromatic rings. The van der Waals surface area contributed by atoms with E-state index in [1.807, 2.05) is 48.5 Å². The summed E-state index contributed by atoms with van der Waals surface area (Å²) in [5.41, 5.74) is 2.12. The van der Waals surface area contributed by atoms with Crippen molar-refractivity contribution >= 4 is 34.1 Å². The summed E-state index contributed by atoms with van der Waals surface area (Å²) in [6.07, 6.45) is 0. The quantitative estimate of drug-likeness (QED) is 0.693. The van der Waals surface area contributed by atoms with Crippen molar-refractivity contribution in [2.75, 3.05) is 11.1 Å². The van der Waals surface area contributed by atoms with Crippen molar-refractivity contribution in [1.82, 2.24) is 0 Å². The van der Waals surface area contributed by atoms with Crippen LogP contribution in [0.1, 0.15) is 17.7 Å². The van der Waals surface area contributed by atoms with Crippen LogP contribution in [0.2, 0.25) is 0 Å². The minimum atomic E-state index is 0.0362. The van der Waals surface area contributed by atoms with E-state index in [1.165, 1.54) is 5.56 Å². The van der Waals surface area contributed by atoms with Crippen molar-refractivity contribution < 1.29 is 4.79 Å². The third-order valence-electron chi connectivity index (χ3n) is 3.80. The highest BCUT2D eigenvalue weighted by molar-refractivity contribution is 8.00. The van der Waals surface area contributed by atoms with Crippen LogP contribution in [0.25, 0.3) is 10.8 Å². The van der Waals surface area contributed by atoms with E-state index in [0.29, 0.717) is 11.0 Å². The highest BCUT2D eigenvalue weighted by atomic mass is 32.2. The van der Waals surface area contributed by atoms with E-state index < -0.39 is 0 Å². The molecule has 2 nitrogen and oxygen atoms in total. The molecule has 0 spiro atoms. The lowest BCUT2D eigenvalue weighted by atomic mass is 10.1. The fourth-order valence-corrected chi connectivity index (χ4v) is 3.36. The molecule has 1 amide bonds. The maximum Gasteiger partial charge on any atom is 0.234 e. The van der Waals surface area contributed by atoms with Gasteiger partial charge in [0.25, 0.3) is 0 Å². The Morgan fingerprint density at radius 1 is 0.957 bits per heavy atom. The van der Waals surface area contributed by atoms with Crippen LogP contribution in [0.3, 0.4) is 0 Å². The number of carbonyl (C=O) groups excluding carboxylic acids is 1. The molecule has 0 saturated carbocycles.